The van der Waals surface area contributed by atoms with Gasteiger partial charge in [0.05, 0.1) is 7.11 Å². The van der Waals surface area contributed by atoms with Crippen molar-refractivity contribution in [1.82, 2.24) is 0 Å². The Labute approximate surface area is 86.1 Å². The first-order valence-corrected chi connectivity index (χ1v) is 5.06. The number of anilines is 1. The molecule has 0 radical (unpaired) electrons. The summed E-state index contributed by atoms with van der Waals surface area (Å²) in [6, 6.07) is 4.08. The van der Waals surface area contributed by atoms with Gasteiger partial charge in [-0.1, -0.05) is 20.8 Å². The number of nitrogen functional groups attached to an aromatic ring is 1. The summed E-state index contributed by atoms with van der Waals surface area (Å²) in [6.45, 7) is 6.42. The lowest BCUT2D eigenvalue weighted by atomic mass is 9.97. The number of hydrogen-bond donors (Lipinski definition) is 1. The molecule has 0 saturated heterocycles. The Morgan fingerprint density at radius 1 is 1.36 bits per heavy atom. The normalized spacial score (nSPS) is 10.6. The van der Waals surface area contributed by atoms with Crippen LogP contribution in [0.1, 0.15) is 37.8 Å². The zero-order chi connectivity index (χ0) is 10.7. The summed E-state index contributed by atoms with van der Waals surface area (Å²) in [5.41, 5.74) is 9.21. The van der Waals surface area contributed by atoms with Crippen LogP contribution in [0.25, 0.3) is 0 Å². The van der Waals surface area contributed by atoms with Crippen molar-refractivity contribution in [2.75, 3.05) is 12.8 Å². The van der Waals surface area contributed by atoms with E-state index in [0.717, 1.165) is 17.9 Å². The van der Waals surface area contributed by atoms with Gasteiger partial charge in [-0.15, -0.1) is 0 Å². The Morgan fingerprint density at radius 2 is 2.00 bits per heavy atom. The van der Waals surface area contributed by atoms with Crippen LogP contribution in [0.15, 0.2) is 12.1 Å². The SMILES string of the molecule is CCc1cc(C(C)C)c(N)cc1OC. The second-order valence-electron chi connectivity index (χ2n) is 3.80. The second kappa shape index (κ2) is 4.36. The van der Waals surface area contributed by atoms with Gasteiger partial charge in [0.25, 0.3) is 0 Å². The van der Waals surface area contributed by atoms with Gasteiger partial charge in [-0.05, 0) is 29.5 Å². The van der Waals surface area contributed by atoms with Gasteiger partial charge in [-0.2, -0.15) is 0 Å². The van der Waals surface area contributed by atoms with Gasteiger partial charge in [0.1, 0.15) is 5.75 Å². The first-order chi connectivity index (χ1) is 6.60. The van der Waals surface area contributed by atoms with Crippen LogP contribution < -0.4 is 10.5 Å². The Morgan fingerprint density at radius 3 is 2.43 bits per heavy atom. The maximum Gasteiger partial charge on any atom is 0.124 e. The van der Waals surface area contributed by atoms with E-state index in [-0.39, 0.29) is 0 Å². The molecule has 0 aromatic heterocycles. The predicted octanol–water partition coefficient (Wildman–Crippen LogP) is 2.96. The molecule has 0 atom stereocenters. The van der Waals surface area contributed by atoms with Crippen molar-refractivity contribution >= 4 is 5.69 Å². The fourth-order valence-electron chi connectivity index (χ4n) is 1.63. The summed E-state index contributed by atoms with van der Waals surface area (Å²) in [5.74, 6) is 1.36. The highest BCUT2D eigenvalue weighted by molar-refractivity contribution is 5.56. The van der Waals surface area contributed by atoms with Crippen molar-refractivity contribution < 1.29 is 4.74 Å². The van der Waals surface area contributed by atoms with E-state index in [9.17, 15) is 0 Å². The Hall–Kier alpha value is -1.18. The Bertz CT molecular complexity index is 318. The molecule has 1 aromatic carbocycles. The minimum absolute atomic E-state index is 0.464. The van der Waals surface area contributed by atoms with E-state index in [1.807, 2.05) is 6.07 Å². The number of benzene rings is 1. The first-order valence-electron chi connectivity index (χ1n) is 5.06. The molecule has 0 bridgehead atoms. The molecule has 78 valence electrons. The van der Waals surface area contributed by atoms with Crippen LogP contribution in [0.5, 0.6) is 5.75 Å². The largest absolute Gasteiger partial charge is 0.496 e. The maximum atomic E-state index is 5.94. The van der Waals surface area contributed by atoms with E-state index in [2.05, 4.69) is 26.8 Å². The molecule has 0 fully saturated rings. The van der Waals surface area contributed by atoms with Crippen molar-refractivity contribution in [3.05, 3.63) is 23.3 Å². The lowest BCUT2D eigenvalue weighted by Gasteiger charge is -2.14. The molecule has 0 aliphatic rings. The van der Waals surface area contributed by atoms with E-state index in [1.165, 1.54) is 11.1 Å². The van der Waals surface area contributed by atoms with Crippen LogP contribution in [0.2, 0.25) is 0 Å². The molecular formula is C12H19NO. The highest BCUT2D eigenvalue weighted by Crippen LogP contribution is 2.30. The number of methoxy groups -OCH3 is 1. The Balaban J connectivity index is 3.23. The van der Waals surface area contributed by atoms with Crippen molar-refractivity contribution in [1.29, 1.82) is 0 Å². The van der Waals surface area contributed by atoms with E-state index in [1.54, 1.807) is 7.11 Å². The highest BCUT2D eigenvalue weighted by atomic mass is 16.5. The molecule has 2 heteroatoms. The number of hydrogen-bond acceptors (Lipinski definition) is 2. The van der Waals surface area contributed by atoms with Gasteiger partial charge in [0.15, 0.2) is 0 Å². The zero-order valence-corrected chi connectivity index (χ0v) is 9.42. The fraction of sp³-hybridized carbons (Fsp3) is 0.500. The lowest BCUT2D eigenvalue weighted by molar-refractivity contribution is 0.410. The summed E-state index contributed by atoms with van der Waals surface area (Å²) < 4.78 is 5.27. The van der Waals surface area contributed by atoms with E-state index >= 15 is 0 Å². The van der Waals surface area contributed by atoms with Crippen molar-refractivity contribution in [3.63, 3.8) is 0 Å². The molecule has 0 aliphatic carbocycles. The van der Waals surface area contributed by atoms with Crippen LogP contribution in [-0.4, -0.2) is 7.11 Å². The zero-order valence-electron chi connectivity index (χ0n) is 9.42. The number of rotatable bonds is 3. The van der Waals surface area contributed by atoms with Crippen molar-refractivity contribution in [2.24, 2.45) is 0 Å². The molecular weight excluding hydrogens is 174 g/mol. The van der Waals surface area contributed by atoms with E-state index < -0.39 is 0 Å². The van der Waals surface area contributed by atoms with Gasteiger partial charge in [-0.25, -0.2) is 0 Å². The highest BCUT2D eigenvalue weighted by Gasteiger charge is 2.09. The summed E-state index contributed by atoms with van der Waals surface area (Å²) in [5, 5.41) is 0. The standard InChI is InChI=1S/C12H19NO/c1-5-9-6-10(8(2)3)11(13)7-12(9)14-4/h6-8H,5,13H2,1-4H3. The molecule has 2 nitrogen and oxygen atoms in total. The third kappa shape index (κ3) is 2.00. The molecule has 1 aromatic rings. The predicted molar refractivity (Wildman–Crippen MR) is 60.9 cm³/mol. The Kier molecular flexibility index (Phi) is 3.39. The molecule has 14 heavy (non-hydrogen) atoms. The fourth-order valence-corrected chi connectivity index (χ4v) is 1.63. The van der Waals surface area contributed by atoms with Crippen LogP contribution in [0.4, 0.5) is 5.69 Å². The monoisotopic (exact) mass is 193 g/mol. The van der Waals surface area contributed by atoms with E-state index in [0.29, 0.717) is 5.92 Å². The molecule has 0 heterocycles. The van der Waals surface area contributed by atoms with Crippen molar-refractivity contribution in [3.8, 4) is 5.75 Å². The molecule has 0 amide bonds. The average molecular weight is 193 g/mol. The average Bonchev–Trinajstić information content (AvgIpc) is 2.16. The smallest absolute Gasteiger partial charge is 0.124 e. The molecule has 0 aliphatic heterocycles. The van der Waals surface area contributed by atoms with Crippen LogP contribution in [0, 0.1) is 0 Å². The molecule has 1 rings (SSSR count). The molecule has 0 unspecified atom stereocenters. The minimum Gasteiger partial charge on any atom is -0.496 e. The third-order valence-corrected chi connectivity index (χ3v) is 2.49. The number of aryl methyl sites for hydroxylation is 1. The second-order valence-corrected chi connectivity index (χ2v) is 3.80. The summed E-state index contributed by atoms with van der Waals surface area (Å²) in [4.78, 5) is 0. The molecule has 0 saturated carbocycles. The van der Waals surface area contributed by atoms with Gasteiger partial charge < -0.3 is 10.5 Å². The molecule has 0 spiro atoms. The van der Waals surface area contributed by atoms with Crippen LogP contribution in [-0.2, 0) is 6.42 Å². The van der Waals surface area contributed by atoms with Crippen LogP contribution >= 0.6 is 0 Å². The summed E-state index contributed by atoms with van der Waals surface area (Å²) >= 11 is 0. The number of ether oxygens (including phenoxy) is 1. The third-order valence-electron chi connectivity index (χ3n) is 2.49. The topological polar surface area (TPSA) is 35.2 Å². The quantitative estimate of drug-likeness (QED) is 0.749. The van der Waals surface area contributed by atoms with Gasteiger partial charge in [0.2, 0.25) is 0 Å². The summed E-state index contributed by atoms with van der Waals surface area (Å²) in [7, 11) is 1.68. The number of nitrogens with two attached hydrogens (primary N) is 1. The molecule has 2 N–H and O–H groups in total. The summed E-state index contributed by atoms with van der Waals surface area (Å²) in [6.07, 6.45) is 0.975. The van der Waals surface area contributed by atoms with Gasteiger partial charge in [0, 0.05) is 11.8 Å². The van der Waals surface area contributed by atoms with Gasteiger partial charge in [-0.3, -0.25) is 0 Å². The van der Waals surface area contributed by atoms with E-state index in [4.69, 9.17) is 10.5 Å². The van der Waals surface area contributed by atoms with Gasteiger partial charge >= 0.3 is 0 Å². The first kappa shape index (κ1) is 10.9. The lowest BCUT2D eigenvalue weighted by Crippen LogP contribution is -2.00. The van der Waals surface area contributed by atoms with Crippen molar-refractivity contribution in [2.45, 2.75) is 33.1 Å². The maximum absolute atomic E-state index is 5.94. The van der Waals surface area contributed by atoms with Crippen LogP contribution in [0.3, 0.4) is 0 Å². The minimum atomic E-state index is 0.464.